The van der Waals surface area contributed by atoms with Crippen molar-refractivity contribution in [1.29, 1.82) is 0 Å². The minimum Gasteiger partial charge on any atom is -0.426 e. The second kappa shape index (κ2) is 8.27. The third kappa shape index (κ3) is 4.67. The fourth-order valence-electron chi connectivity index (χ4n) is 2.52. The summed E-state index contributed by atoms with van der Waals surface area (Å²) in [5.74, 6) is -0.164. The highest BCUT2D eigenvalue weighted by Crippen LogP contribution is 2.72. The van der Waals surface area contributed by atoms with E-state index in [1.807, 2.05) is 0 Å². The van der Waals surface area contributed by atoms with Crippen LogP contribution in [0.4, 0.5) is 0 Å². The highest BCUT2D eigenvalue weighted by atomic mass is 31.2. The molecule has 0 radical (unpaired) electrons. The summed E-state index contributed by atoms with van der Waals surface area (Å²) in [5.41, 5.74) is -0.0190. The molecule has 0 bridgehead atoms. The number of rotatable bonds is 4. The SMILES string of the molecule is CC(C)(C)C(=O)Oc1ccc(C2O[P+](=O)C(O)(Cc3cccnc3)P(=O)(O)O2)cc1. The lowest BCUT2D eigenvalue weighted by atomic mass is 9.97. The van der Waals surface area contributed by atoms with Crippen molar-refractivity contribution in [3.05, 3.63) is 59.9 Å². The minimum atomic E-state index is -4.77. The van der Waals surface area contributed by atoms with Crippen LogP contribution in [0.2, 0.25) is 0 Å². The van der Waals surface area contributed by atoms with Crippen molar-refractivity contribution in [1.82, 2.24) is 4.98 Å². The average Bonchev–Trinajstić information content (AvgIpc) is 2.66. The summed E-state index contributed by atoms with van der Waals surface area (Å²) in [6, 6.07) is 8.96. The highest BCUT2D eigenvalue weighted by Gasteiger charge is 2.70. The van der Waals surface area contributed by atoms with E-state index < -0.39 is 44.8 Å². The second-order valence-electron chi connectivity index (χ2n) is 7.84. The van der Waals surface area contributed by atoms with Crippen molar-refractivity contribution in [3.8, 4) is 5.75 Å². The number of aromatic nitrogens is 1. The summed E-state index contributed by atoms with van der Waals surface area (Å²) in [5, 5.41) is 8.07. The molecule has 1 saturated heterocycles. The van der Waals surface area contributed by atoms with Crippen LogP contribution in [0.15, 0.2) is 48.8 Å². The number of carbonyl (C=O) groups is 1. The monoisotopic (exact) mass is 454 g/mol. The fraction of sp³-hybridized carbons (Fsp3) is 0.368. The Labute approximate surface area is 174 Å². The molecule has 4 unspecified atom stereocenters. The number of benzene rings is 1. The van der Waals surface area contributed by atoms with E-state index >= 15 is 0 Å². The van der Waals surface area contributed by atoms with Gasteiger partial charge in [0.2, 0.25) is 6.29 Å². The van der Waals surface area contributed by atoms with Crippen molar-refractivity contribution < 1.29 is 37.7 Å². The van der Waals surface area contributed by atoms with Crippen LogP contribution in [0.25, 0.3) is 0 Å². The highest BCUT2D eigenvalue weighted by molar-refractivity contribution is 7.68. The summed E-state index contributed by atoms with van der Waals surface area (Å²) in [6.07, 6.45) is 1.01. The predicted molar refractivity (Wildman–Crippen MR) is 107 cm³/mol. The molecule has 160 valence electrons. The topological polar surface area (TPSA) is 132 Å². The quantitative estimate of drug-likeness (QED) is 0.401. The number of aliphatic hydroxyl groups is 1. The maximum Gasteiger partial charge on any atom is 0.560 e. The van der Waals surface area contributed by atoms with Gasteiger partial charge in [0.15, 0.2) is 0 Å². The molecule has 2 N–H and O–H groups in total. The molecule has 4 atom stereocenters. The van der Waals surface area contributed by atoms with Gasteiger partial charge in [-0.15, -0.1) is 4.52 Å². The van der Waals surface area contributed by atoms with E-state index in [1.165, 1.54) is 36.7 Å². The molecule has 1 aliphatic heterocycles. The number of carbonyl (C=O) groups excluding carboxylic acids is 1. The maximum atomic E-state index is 12.7. The molecule has 11 heteroatoms. The molecule has 30 heavy (non-hydrogen) atoms. The standard InChI is InChI=1S/C19H21NO8P2/c1-18(2,3)17(21)26-15-8-6-14(7-9-15)16-27-29(23)19(22,30(24,25)28-16)11-13-5-4-10-20-12-13/h4-10,12,16,22H,11H2,1-3H3/p+1. The molecule has 9 nitrogen and oxygen atoms in total. The van der Waals surface area contributed by atoms with Gasteiger partial charge in [-0.3, -0.25) is 18.9 Å². The Morgan fingerprint density at radius 1 is 1.30 bits per heavy atom. The number of hydrogen-bond donors (Lipinski definition) is 2. The number of hydrogen-bond acceptors (Lipinski definition) is 8. The molecular formula is C19H22NO8P2+. The minimum absolute atomic E-state index is 0.263. The molecule has 2 heterocycles. The van der Waals surface area contributed by atoms with Gasteiger partial charge in [-0.2, -0.15) is 0 Å². The van der Waals surface area contributed by atoms with E-state index in [2.05, 4.69) is 4.98 Å². The van der Waals surface area contributed by atoms with Crippen LogP contribution in [-0.4, -0.2) is 26.0 Å². The molecule has 0 spiro atoms. The van der Waals surface area contributed by atoms with Gasteiger partial charge in [-0.05, 0) is 49.1 Å². The number of pyridine rings is 1. The van der Waals surface area contributed by atoms with Gasteiger partial charge in [0, 0.05) is 18.0 Å². The first-order valence-electron chi connectivity index (χ1n) is 9.01. The van der Waals surface area contributed by atoms with Crippen LogP contribution in [0.1, 0.15) is 38.2 Å². The van der Waals surface area contributed by atoms with Crippen molar-refractivity contribution >= 4 is 21.6 Å². The Bertz CT molecular complexity index is 990. The molecule has 1 fully saturated rings. The van der Waals surface area contributed by atoms with Gasteiger partial charge < -0.3 is 14.7 Å². The largest absolute Gasteiger partial charge is 0.560 e. The number of esters is 1. The van der Waals surface area contributed by atoms with Crippen LogP contribution in [-0.2, 0) is 29.4 Å². The Morgan fingerprint density at radius 2 is 1.97 bits per heavy atom. The third-order valence-electron chi connectivity index (χ3n) is 4.31. The molecule has 0 saturated carbocycles. The predicted octanol–water partition coefficient (Wildman–Crippen LogP) is 3.90. The zero-order valence-corrected chi connectivity index (χ0v) is 18.4. The van der Waals surface area contributed by atoms with E-state index in [0.29, 0.717) is 5.56 Å². The lowest BCUT2D eigenvalue weighted by Gasteiger charge is -2.29. The molecule has 1 aromatic heterocycles. The van der Waals surface area contributed by atoms with E-state index in [4.69, 9.17) is 13.8 Å². The first kappa shape index (κ1) is 22.7. The van der Waals surface area contributed by atoms with E-state index in [-0.39, 0.29) is 11.3 Å². The number of nitrogens with zero attached hydrogens (tertiary/aromatic N) is 1. The Hall–Kier alpha value is -1.99. The van der Waals surface area contributed by atoms with Gasteiger partial charge in [-0.25, -0.2) is 0 Å². The van der Waals surface area contributed by atoms with Crippen LogP contribution in [0.5, 0.6) is 5.75 Å². The van der Waals surface area contributed by atoms with Crippen LogP contribution in [0, 0.1) is 5.41 Å². The smallest absolute Gasteiger partial charge is 0.426 e. The van der Waals surface area contributed by atoms with Gasteiger partial charge in [-0.1, -0.05) is 18.2 Å². The first-order chi connectivity index (χ1) is 13.9. The lowest BCUT2D eigenvalue weighted by Crippen LogP contribution is -2.33. The molecule has 0 amide bonds. The summed E-state index contributed by atoms with van der Waals surface area (Å²) >= 11 is 0. The Morgan fingerprint density at radius 3 is 2.50 bits per heavy atom. The van der Waals surface area contributed by atoms with Crippen LogP contribution >= 0.6 is 15.6 Å². The summed E-state index contributed by atoms with van der Waals surface area (Å²) < 4.78 is 41.0. The van der Waals surface area contributed by atoms with Crippen molar-refractivity contribution in [2.45, 2.75) is 38.6 Å². The normalized spacial score (nSPS) is 28.2. The summed E-state index contributed by atoms with van der Waals surface area (Å²) in [7, 11) is -7.77. The summed E-state index contributed by atoms with van der Waals surface area (Å²) in [6.45, 7) is 5.15. The van der Waals surface area contributed by atoms with Crippen LogP contribution in [0.3, 0.4) is 0 Å². The second-order valence-corrected chi connectivity index (χ2v) is 11.7. The molecule has 2 aromatic rings. The molecular weight excluding hydrogens is 432 g/mol. The van der Waals surface area contributed by atoms with E-state index in [1.54, 1.807) is 32.9 Å². The van der Waals surface area contributed by atoms with Crippen molar-refractivity contribution in [2.75, 3.05) is 0 Å². The lowest BCUT2D eigenvalue weighted by molar-refractivity contribution is -0.143. The number of ether oxygens (including phenoxy) is 1. The Kier molecular flexibility index (Phi) is 6.25. The van der Waals surface area contributed by atoms with Gasteiger partial charge in [0.05, 0.1) is 11.8 Å². The van der Waals surface area contributed by atoms with Crippen molar-refractivity contribution in [2.24, 2.45) is 5.41 Å². The fourth-order valence-corrected chi connectivity index (χ4v) is 5.49. The zero-order chi connectivity index (χ0) is 22.2. The summed E-state index contributed by atoms with van der Waals surface area (Å²) in [4.78, 5) is 26.2. The molecule has 3 rings (SSSR count). The van der Waals surface area contributed by atoms with Gasteiger partial charge in [0.25, 0.3) is 0 Å². The van der Waals surface area contributed by atoms with E-state index in [0.717, 1.165) is 0 Å². The average molecular weight is 454 g/mol. The third-order valence-corrected chi connectivity index (χ3v) is 8.23. The van der Waals surface area contributed by atoms with Gasteiger partial charge in [0.1, 0.15) is 5.75 Å². The molecule has 1 aliphatic rings. The van der Waals surface area contributed by atoms with Gasteiger partial charge >= 0.3 is 26.7 Å². The maximum absolute atomic E-state index is 12.7. The van der Waals surface area contributed by atoms with Crippen molar-refractivity contribution in [3.63, 3.8) is 0 Å². The first-order valence-corrected chi connectivity index (χ1v) is 11.8. The van der Waals surface area contributed by atoms with E-state index in [9.17, 15) is 23.9 Å². The Balaban J connectivity index is 1.76. The molecule has 0 aliphatic carbocycles. The zero-order valence-electron chi connectivity index (χ0n) is 16.6. The molecule has 1 aromatic carbocycles. The van der Waals surface area contributed by atoms with Crippen LogP contribution < -0.4 is 4.74 Å².